The van der Waals surface area contributed by atoms with Gasteiger partial charge in [-0.1, -0.05) is 12.1 Å². The highest BCUT2D eigenvalue weighted by atomic mass is 16.5. The number of hydrogen-bond donors (Lipinski definition) is 0. The second-order valence-corrected chi connectivity index (χ2v) is 6.66. The van der Waals surface area contributed by atoms with Crippen LogP contribution in [0.2, 0.25) is 0 Å². The van der Waals surface area contributed by atoms with E-state index in [-0.39, 0.29) is 11.8 Å². The Morgan fingerprint density at radius 2 is 1.62 bits per heavy atom. The summed E-state index contributed by atoms with van der Waals surface area (Å²) in [5.74, 6) is -0.0817. The van der Waals surface area contributed by atoms with Crippen molar-refractivity contribution in [2.75, 3.05) is 38.3 Å². The molecule has 0 aliphatic carbocycles. The molecule has 2 aromatic carbocycles. The first-order valence-electron chi connectivity index (χ1n) is 9.24. The molecule has 0 unspecified atom stereocenters. The molecule has 4 rings (SSSR count). The molecule has 1 fully saturated rings. The molecule has 0 N–H and O–H groups in total. The van der Waals surface area contributed by atoms with Crippen molar-refractivity contribution in [3.63, 3.8) is 0 Å². The van der Waals surface area contributed by atoms with E-state index < -0.39 is 0 Å². The number of methoxy groups -OCH3 is 1. The van der Waals surface area contributed by atoms with Gasteiger partial charge >= 0.3 is 0 Å². The number of benzene rings is 2. The van der Waals surface area contributed by atoms with Crippen LogP contribution in [0.1, 0.15) is 11.1 Å². The number of morpholine rings is 1. The van der Waals surface area contributed by atoms with Gasteiger partial charge in [-0.25, -0.2) is 4.90 Å². The molecule has 146 valence electrons. The Balaban J connectivity index is 1.79. The van der Waals surface area contributed by atoms with E-state index in [1.165, 1.54) is 4.90 Å². The molecule has 0 saturated carbocycles. The normalized spacial score (nSPS) is 17.0. The van der Waals surface area contributed by atoms with E-state index in [2.05, 4.69) is 0 Å². The molecule has 0 atom stereocenters. The summed E-state index contributed by atoms with van der Waals surface area (Å²) in [6, 6.07) is 15.5. The summed E-state index contributed by atoms with van der Waals surface area (Å²) in [5.41, 5.74) is 2.30. The Labute approximate surface area is 168 Å². The Hall–Kier alpha value is -3.63. The minimum atomic E-state index is -0.383. The van der Waals surface area contributed by atoms with Crippen molar-refractivity contribution in [2.24, 2.45) is 0 Å². The highest BCUT2D eigenvalue weighted by molar-refractivity contribution is 6.45. The van der Waals surface area contributed by atoms with E-state index in [1.54, 1.807) is 55.6 Å². The molecular weight excluding hydrogens is 370 g/mol. The number of nitriles is 1. The van der Waals surface area contributed by atoms with Gasteiger partial charge in [0.05, 0.1) is 43.2 Å². The fourth-order valence-corrected chi connectivity index (χ4v) is 3.54. The van der Waals surface area contributed by atoms with E-state index in [1.807, 2.05) is 11.0 Å². The van der Waals surface area contributed by atoms with Crippen molar-refractivity contribution < 1.29 is 19.1 Å². The minimum Gasteiger partial charge on any atom is -0.497 e. The van der Waals surface area contributed by atoms with Gasteiger partial charge < -0.3 is 14.4 Å². The Bertz CT molecular complexity index is 1010. The van der Waals surface area contributed by atoms with Crippen molar-refractivity contribution >= 4 is 23.1 Å². The SMILES string of the molecule is COc1ccc(C2=C(N3CCOCC3)C(=O)N(c3ccc(C#N)cc3)C2=O)cc1. The number of imide groups is 1. The van der Waals surface area contributed by atoms with Gasteiger partial charge in [0, 0.05) is 13.1 Å². The van der Waals surface area contributed by atoms with Gasteiger partial charge in [0.25, 0.3) is 11.8 Å². The van der Waals surface area contributed by atoms with Crippen LogP contribution in [0.5, 0.6) is 5.75 Å². The monoisotopic (exact) mass is 389 g/mol. The van der Waals surface area contributed by atoms with Crippen LogP contribution in [-0.4, -0.2) is 50.1 Å². The first kappa shape index (κ1) is 18.7. The summed E-state index contributed by atoms with van der Waals surface area (Å²) in [4.78, 5) is 29.8. The van der Waals surface area contributed by atoms with Crippen molar-refractivity contribution in [1.82, 2.24) is 4.90 Å². The average molecular weight is 389 g/mol. The summed E-state index contributed by atoms with van der Waals surface area (Å²) in [6.07, 6.45) is 0. The molecule has 2 aliphatic heterocycles. The average Bonchev–Trinajstić information content (AvgIpc) is 3.04. The van der Waals surface area contributed by atoms with E-state index in [0.29, 0.717) is 60.1 Å². The lowest BCUT2D eigenvalue weighted by Crippen LogP contribution is -2.40. The molecule has 2 amide bonds. The van der Waals surface area contributed by atoms with Crippen molar-refractivity contribution in [1.29, 1.82) is 5.26 Å². The predicted molar refractivity (Wildman–Crippen MR) is 106 cm³/mol. The molecule has 0 bridgehead atoms. The predicted octanol–water partition coefficient (Wildman–Crippen LogP) is 2.18. The molecule has 7 nitrogen and oxygen atoms in total. The summed E-state index contributed by atoms with van der Waals surface area (Å²) >= 11 is 0. The van der Waals surface area contributed by atoms with Crippen LogP contribution in [0.4, 0.5) is 5.69 Å². The lowest BCUT2D eigenvalue weighted by molar-refractivity contribution is -0.121. The topological polar surface area (TPSA) is 82.9 Å². The quantitative estimate of drug-likeness (QED) is 0.746. The van der Waals surface area contributed by atoms with E-state index in [4.69, 9.17) is 14.7 Å². The number of carbonyl (C=O) groups excluding carboxylic acids is 2. The smallest absolute Gasteiger partial charge is 0.282 e. The van der Waals surface area contributed by atoms with Gasteiger partial charge in [-0.05, 0) is 42.0 Å². The zero-order valence-electron chi connectivity index (χ0n) is 15.9. The van der Waals surface area contributed by atoms with Crippen LogP contribution in [0.3, 0.4) is 0 Å². The lowest BCUT2D eigenvalue weighted by atomic mass is 10.0. The number of nitrogens with zero attached hydrogens (tertiary/aromatic N) is 3. The Morgan fingerprint density at radius 1 is 0.966 bits per heavy atom. The molecule has 2 aliphatic rings. The van der Waals surface area contributed by atoms with Crippen LogP contribution < -0.4 is 9.64 Å². The zero-order valence-corrected chi connectivity index (χ0v) is 15.9. The molecule has 0 radical (unpaired) electrons. The molecule has 0 aromatic heterocycles. The Morgan fingerprint density at radius 3 is 2.21 bits per heavy atom. The second-order valence-electron chi connectivity index (χ2n) is 6.66. The maximum atomic E-state index is 13.4. The molecular formula is C22H19N3O4. The lowest BCUT2D eigenvalue weighted by Gasteiger charge is -2.29. The summed E-state index contributed by atoms with van der Waals surface area (Å²) < 4.78 is 10.6. The van der Waals surface area contributed by atoms with Crippen molar-refractivity contribution in [3.8, 4) is 11.8 Å². The summed E-state index contributed by atoms with van der Waals surface area (Å²) in [5, 5.41) is 9.01. The van der Waals surface area contributed by atoms with Gasteiger partial charge in [-0.3, -0.25) is 9.59 Å². The molecule has 29 heavy (non-hydrogen) atoms. The van der Waals surface area contributed by atoms with Crippen molar-refractivity contribution in [2.45, 2.75) is 0 Å². The maximum absolute atomic E-state index is 13.4. The molecule has 2 aromatic rings. The van der Waals surface area contributed by atoms with Crippen LogP contribution in [0, 0.1) is 11.3 Å². The number of amides is 2. The summed E-state index contributed by atoms with van der Waals surface area (Å²) in [7, 11) is 1.57. The number of carbonyl (C=O) groups is 2. The maximum Gasteiger partial charge on any atom is 0.282 e. The van der Waals surface area contributed by atoms with E-state index in [0.717, 1.165) is 0 Å². The molecule has 7 heteroatoms. The number of ether oxygens (including phenoxy) is 2. The largest absolute Gasteiger partial charge is 0.497 e. The van der Waals surface area contributed by atoms with Gasteiger partial charge in [0.1, 0.15) is 11.4 Å². The van der Waals surface area contributed by atoms with E-state index >= 15 is 0 Å². The first-order chi connectivity index (χ1) is 14.1. The fourth-order valence-electron chi connectivity index (χ4n) is 3.54. The second kappa shape index (κ2) is 7.78. The first-order valence-corrected chi connectivity index (χ1v) is 9.24. The van der Waals surface area contributed by atoms with Crippen LogP contribution >= 0.6 is 0 Å². The highest BCUT2D eigenvalue weighted by Crippen LogP contribution is 2.35. The number of hydrogen-bond acceptors (Lipinski definition) is 6. The van der Waals surface area contributed by atoms with Crippen LogP contribution in [0.15, 0.2) is 54.2 Å². The van der Waals surface area contributed by atoms with Gasteiger partial charge in [-0.2, -0.15) is 5.26 Å². The third-order valence-corrected chi connectivity index (χ3v) is 5.02. The van der Waals surface area contributed by atoms with Gasteiger partial charge in [0.2, 0.25) is 0 Å². The molecule has 2 heterocycles. The molecule has 1 saturated heterocycles. The van der Waals surface area contributed by atoms with Crippen LogP contribution in [0.25, 0.3) is 5.57 Å². The third kappa shape index (κ3) is 3.35. The summed E-state index contributed by atoms with van der Waals surface area (Å²) in [6.45, 7) is 2.07. The fraction of sp³-hybridized carbons (Fsp3) is 0.227. The molecule has 0 spiro atoms. The number of anilines is 1. The number of rotatable bonds is 4. The zero-order chi connectivity index (χ0) is 20.4. The Kier molecular flexibility index (Phi) is 5.02. The van der Waals surface area contributed by atoms with E-state index in [9.17, 15) is 9.59 Å². The minimum absolute atomic E-state index is 0.365. The van der Waals surface area contributed by atoms with Gasteiger partial charge in [-0.15, -0.1) is 0 Å². The highest BCUT2D eigenvalue weighted by Gasteiger charge is 2.42. The van der Waals surface area contributed by atoms with Crippen LogP contribution in [-0.2, 0) is 14.3 Å². The van der Waals surface area contributed by atoms with Gasteiger partial charge in [0.15, 0.2) is 0 Å². The third-order valence-electron chi connectivity index (χ3n) is 5.02. The standard InChI is InChI=1S/C22H19N3O4/c1-28-18-8-4-16(5-9-18)19-20(24-10-12-29-13-11-24)22(27)25(21(19)26)17-6-2-15(14-23)3-7-17/h2-9H,10-13H2,1H3. The van der Waals surface area contributed by atoms with Crippen molar-refractivity contribution in [3.05, 3.63) is 65.4 Å².